The van der Waals surface area contributed by atoms with E-state index in [4.69, 9.17) is 9.26 Å². The number of hydrogen-bond acceptors (Lipinski definition) is 6. The quantitative estimate of drug-likeness (QED) is 0.184. The molecule has 0 aromatic heterocycles. The minimum atomic E-state index is -4.97. The van der Waals surface area contributed by atoms with Gasteiger partial charge in [-0.15, -0.1) is 0 Å². The van der Waals surface area contributed by atoms with Crippen molar-refractivity contribution in [1.82, 2.24) is 14.2 Å². The van der Waals surface area contributed by atoms with Gasteiger partial charge in [-0.2, -0.15) is 13.2 Å². The molecular weight excluding hydrogens is 516 g/mol. The van der Waals surface area contributed by atoms with E-state index in [2.05, 4.69) is 0 Å². The maximum atomic E-state index is 14.2. The van der Waals surface area contributed by atoms with Gasteiger partial charge in [-0.05, 0) is 49.7 Å². The van der Waals surface area contributed by atoms with Crippen LogP contribution in [-0.4, -0.2) is 70.5 Å². The number of halogens is 3. The predicted molar refractivity (Wildman–Crippen MR) is 127 cm³/mol. The van der Waals surface area contributed by atoms with Crippen molar-refractivity contribution >= 4 is 19.3 Å². The molecule has 14 heteroatoms. The Hall–Kier alpha value is -2.99. The molecule has 2 aromatic carbocycles. The molecule has 0 saturated carbocycles. The van der Waals surface area contributed by atoms with Gasteiger partial charge in [0.25, 0.3) is 5.91 Å². The van der Waals surface area contributed by atoms with Crippen molar-refractivity contribution in [2.75, 3.05) is 27.2 Å². The summed E-state index contributed by atoms with van der Waals surface area (Å²) in [5, 5.41) is 11.6. The summed E-state index contributed by atoms with van der Waals surface area (Å²) in [6.45, 7) is 4.14. The van der Waals surface area contributed by atoms with E-state index in [1.165, 1.54) is 52.6 Å². The molecule has 0 N–H and O–H groups in total. The molecule has 2 aliphatic rings. The second-order valence-corrected chi connectivity index (χ2v) is 11.5. The molecule has 37 heavy (non-hydrogen) atoms. The largest absolute Gasteiger partial charge is 0.450 e. The number of nitrogens with zero attached hydrogens (tertiary/aromatic N) is 4. The fraction of sp³-hybridized carbons (Fsp3) is 0.435. The van der Waals surface area contributed by atoms with E-state index in [1.807, 2.05) is 0 Å². The number of alkyl halides is 3. The summed E-state index contributed by atoms with van der Waals surface area (Å²) >= 11 is 0. The van der Waals surface area contributed by atoms with Crippen LogP contribution >= 0.6 is 7.67 Å². The average molecular weight is 542 g/mol. The number of nitro groups is 1. The van der Waals surface area contributed by atoms with E-state index in [0.29, 0.717) is 13.1 Å². The van der Waals surface area contributed by atoms with E-state index in [1.54, 1.807) is 13.8 Å². The fourth-order valence-corrected chi connectivity index (χ4v) is 6.81. The molecule has 4 unspecified atom stereocenters. The highest BCUT2D eigenvalue weighted by atomic mass is 31.2. The molecule has 200 valence electrons. The number of benzene rings is 2. The van der Waals surface area contributed by atoms with Crippen LogP contribution in [0.4, 0.5) is 18.9 Å². The van der Waals surface area contributed by atoms with Crippen LogP contribution in [0.1, 0.15) is 35.9 Å². The van der Waals surface area contributed by atoms with Crippen LogP contribution in [0.25, 0.3) is 0 Å². The Labute approximate surface area is 211 Å². The van der Waals surface area contributed by atoms with Crippen LogP contribution in [0.3, 0.4) is 0 Å². The van der Waals surface area contributed by atoms with Crippen molar-refractivity contribution < 1.29 is 36.7 Å². The second-order valence-electron chi connectivity index (χ2n) is 9.27. The molecule has 2 fully saturated rings. The van der Waals surface area contributed by atoms with E-state index in [9.17, 15) is 32.6 Å². The Kier molecular flexibility index (Phi) is 7.10. The maximum Gasteiger partial charge on any atom is 0.419 e. The van der Waals surface area contributed by atoms with Gasteiger partial charge in [-0.1, -0.05) is 6.07 Å². The van der Waals surface area contributed by atoms with Crippen LogP contribution in [0, 0.1) is 10.1 Å². The van der Waals surface area contributed by atoms with Gasteiger partial charge >= 0.3 is 19.5 Å². The second kappa shape index (κ2) is 9.71. The Morgan fingerprint density at radius 1 is 1.14 bits per heavy atom. The number of carbonyl (C=O) groups is 1. The normalized spacial score (nSPS) is 25.1. The first-order valence-electron chi connectivity index (χ1n) is 11.4. The van der Waals surface area contributed by atoms with Crippen molar-refractivity contribution in [1.29, 1.82) is 0 Å². The van der Waals surface area contributed by atoms with Gasteiger partial charge in [0.15, 0.2) is 6.10 Å². The molecule has 0 bridgehead atoms. The molecule has 0 aliphatic carbocycles. The third-order valence-corrected chi connectivity index (χ3v) is 8.94. The van der Waals surface area contributed by atoms with E-state index in [0.717, 1.165) is 18.2 Å². The van der Waals surface area contributed by atoms with Crippen LogP contribution in [0.15, 0.2) is 42.5 Å². The zero-order valence-corrected chi connectivity index (χ0v) is 21.4. The first kappa shape index (κ1) is 27.1. The zero-order valence-electron chi connectivity index (χ0n) is 20.5. The highest BCUT2D eigenvalue weighted by molar-refractivity contribution is 7.54. The molecule has 2 aliphatic heterocycles. The summed E-state index contributed by atoms with van der Waals surface area (Å²) in [6, 6.07) is 8.00. The molecule has 0 radical (unpaired) electrons. The van der Waals surface area contributed by atoms with Crippen LogP contribution in [-0.2, 0) is 9.09 Å². The third kappa shape index (κ3) is 5.64. The summed E-state index contributed by atoms with van der Waals surface area (Å²) < 4.78 is 70.1. The molecule has 4 rings (SSSR count). The van der Waals surface area contributed by atoms with Crippen molar-refractivity contribution in [2.45, 2.75) is 38.2 Å². The lowest BCUT2D eigenvalue weighted by atomic mass is 10.1. The lowest BCUT2D eigenvalue weighted by Crippen LogP contribution is -2.26. The maximum absolute atomic E-state index is 14.2. The number of ether oxygens (including phenoxy) is 1. The van der Waals surface area contributed by atoms with Gasteiger partial charge < -0.3 is 9.64 Å². The first-order chi connectivity index (χ1) is 17.2. The molecule has 1 amide bonds. The summed E-state index contributed by atoms with van der Waals surface area (Å²) in [4.78, 5) is 24.4. The van der Waals surface area contributed by atoms with Gasteiger partial charge in [0.05, 0.1) is 4.92 Å². The minimum Gasteiger partial charge on any atom is -0.450 e. The monoisotopic (exact) mass is 542 g/mol. The number of carbonyl (C=O) groups excluding carboxylic acids is 1. The Morgan fingerprint density at radius 3 is 2.22 bits per heavy atom. The topological polar surface area (TPSA) is 105 Å². The average Bonchev–Trinajstić information content (AvgIpc) is 3.73. The predicted octanol–water partition coefficient (Wildman–Crippen LogP) is 5.23. The first-order valence-corrected chi connectivity index (χ1v) is 12.9. The summed E-state index contributed by atoms with van der Waals surface area (Å²) in [5.41, 5.74) is -0.867. The number of amides is 1. The fourth-order valence-electron chi connectivity index (χ4n) is 3.87. The molecule has 2 heterocycles. The van der Waals surface area contributed by atoms with Crippen molar-refractivity contribution in [3.63, 3.8) is 0 Å². The van der Waals surface area contributed by atoms with Gasteiger partial charge in [0.2, 0.25) is 5.75 Å². The van der Waals surface area contributed by atoms with Crippen molar-refractivity contribution in [2.24, 2.45) is 0 Å². The van der Waals surface area contributed by atoms with E-state index < -0.39 is 41.9 Å². The molecule has 2 aromatic rings. The summed E-state index contributed by atoms with van der Waals surface area (Å²) in [5.74, 6) is -0.827. The van der Waals surface area contributed by atoms with Crippen molar-refractivity contribution in [3.05, 3.63) is 63.7 Å². The van der Waals surface area contributed by atoms with Gasteiger partial charge in [0.1, 0.15) is 5.75 Å². The molecular formula is C23H26F3N4O6P. The van der Waals surface area contributed by atoms with Crippen LogP contribution < -0.4 is 4.74 Å². The Morgan fingerprint density at radius 2 is 1.73 bits per heavy atom. The van der Waals surface area contributed by atoms with Gasteiger partial charge in [-0.3, -0.25) is 24.0 Å². The number of hydrogen-bond donors (Lipinski definition) is 0. The zero-order chi connectivity index (χ0) is 27.3. The SMILES string of the molecule is CC1CN1P(=O)(O[C@H](c1ccc([N+](=O)[O-])c(Oc2cccc(C(=O)N(C)C)c2)c1)C(F)(F)F)N1CC1C. The smallest absolute Gasteiger partial charge is 0.419 e. The summed E-state index contributed by atoms with van der Waals surface area (Å²) in [6.07, 6.45) is -7.59. The standard InChI is InChI=1S/C23H26F3N4O6P/c1-14-12-28(14)37(34,29-13-15(29)2)36-21(23(24,25)26)16-8-9-19(30(32)33)20(11-16)35-18-7-5-6-17(10-18)22(31)27(3)4/h5-11,14-15,21H,12-13H2,1-4H3/t14?,15?,21-,28?,29?,37?/m1/s1. The number of nitro benzene ring substituents is 1. The highest BCUT2D eigenvalue weighted by Crippen LogP contribution is 2.68. The lowest BCUT2D eigenvalue weighted by Gasteiger charge is -2.28. The molecule has 2 saturated heterocycles. The highest BCUT2D eigenvalue weighted by Gasteiger charge is 2.60. The van der Waals surface area contributed by atoms with E-state index >= 15 is 0 Å². The van der Waals surface area contributed by atoms with Crippen LogP contribution in [0.2, 0.25) is 0 Å². The lowest BCUT2D eigenvalue weighted by molar-refractivity contribution is -0.385. The number of rotatable bonds is 9. The van der Waals surface area contributed by atoms with Gasteiger partial charge in [0, 0.05) is 50.9 Å². The molecule has 10 nitrogen and oxygen atoms in total. The van der Waals surface area contributed by atoms with Crippen LogP contribution in [0.5, 0.6) is 11.5 Å². The minimum absolute atomic E-state index is 0.0129. The Balaban J connectivity index is 1.71. The van der Waals surface area contributed by atoms with E-state index in [-0.39, 0.29) is 29.3 Å². The Bertz CT molecular complexity index is 1250. The molecule has 0 spiro atoms. The van der Waals surface area contributed by atoms with Crippen molar-refractivity contribution in [3.8, 4) is 11.5 Å². The summed E-state index contributed by atoms with van der Waals surface area (Å²) in [7, 11) is -0.902. The third-order valence-electron chi connectivity index (χ3n) is 6.04. The van der Waals surface area contributed by atoms with Gasteiger partial charge in [-0.25, -0.2) is 9.34 Å². The molecule has 5 atom stereocenters.